The lowest BCUT2D eigenvalue weighted by atomic mass is 9.55. The molecule has 30 heavy (non-hydrogen) atoms. The molecule has 0 N–H and O–H groups in total. The molecule has 3 atom stereocenters. The Morgan fingerprint density at radius 3 is 2.20 bits per heavy atom. The van der Waals surface area contributed by atoms with Crippen LogP contribution in [-0.4, -0.2) is 19.6 Å². The first kappa shape index (κ1) is 25.0. The Hall–Kier alpha value is -1.23. The van der Waals surface area contributed by atoms with Crippen LogP contribution in [0.4, 0.5) is 0 Å². The minimum absolute atomic E-state index is 0. The lowest BCUT2D eigenvalue weighted by Crippen LogP contribution is -2.45. The summed E-state index contributed by atoms with van der Waals surface area (Å²) < 4.78 is 4.65. The van der Waals surface area contributed by atoms with E-state index in [9.17, 15) is 0 Å². The maximum atomic E-state index is 4.65. The zero-order chi connectivity index (χ0) is 20.2. The van der Waals surface area contributed by atoms with Crippen LogP contribution >= 0.6 is 19.8 Å². The van der Waals surface area contributed by atoms with Crippen LogP contribution < -0.4 is 0 Å². The predicted molar refractivity (Wildman–Crippen MR) is 140 cm³/mol. The fourth-order valence-electron chi connectivity index (χ4n) is 5.96. The van der Waals surface area contributed by atoms with Crippen molar-refractivity contribution in [2.24, 2.45) is 10.4 Å². The van der Waals surface area contributed by atoms with Gasteiger partial charge in [0.2, 0.25) is 0 Å². The van der Waals surface area contributed by atoms with Crippen molar-refractivity contribution in [3.8, 4) is 0 Å². The molecule has 164 valence electrons. The quantitative estimate of drug-likeness (QED) is 0.457. The smallest absolute Gasteiger partial charge is 0.169 e. The predicted octanol–water partition coefficient (Wildman–Crippen LogP) is 6.01. The monoisotopic (exact) mass is 443 g/mol. The molecule has 1 aliphatic heterocycles. The molecule has 2 aromatic carbocycles. The molecule has 0 saturated heterocycles. The molecule has 1 heterocycles. The van der Waals surface area contributed by atoms with E-state index in [4.69, 9.17) is 0 Å². The van der Waals surface area contributed by atoms with Crippen LogP contribution in [0.1, 0.15) is 67.5 Å². The van der Waals surface area contributed by atoms with Crippen molar-refractivity contribution in [1.82, 2.24) is 0 Å². The van der Waals surface area contributed by atoms with E-state index in [0.717, 1.165) is 13.2 Å². The number of hydrogen-bond donors (Lipinski definition) is 0. The first-order chi connectivity index (χ1) is 13.2. The average Bonchev–Trinajstić information content (AvgIpc) is 3.37. The highest BCUT2D eigenvalue weighted by Gasteiger charge is 2.63. The second-order valence-corrected chi connectivity index (χ2v) is 9.62. The number of fused-ring (bicyclic) bond motifs is 4. The molecule has 4 heteroatoms. The van der Waals surface area contributed by atoms with Crippen molar-refractivity contribution in [1.29, 1.82) is 0 Å². The maximum absolute atomic E-state index is 4.65. The molecule has 3 aliphatic rings. The molecular weight excluding hydrogens is 404 g/mol. The minimum Gasteiger partial charge on any atom is -0.482 e. The van der Waals surface area contributed by atoms with E-state index in [1.807, 2.05) is 0 Å². The second kappa shape index (κ2) is 8.72. The zero-order valence-corrected chi connectivity index (χ0v) is 22.5. The van der Waals surface area contributed by atoms with Gasteiger partial charge in [-0.2, -0.15) is 19.8 Å². The Kier molecular flexibility index (Phi) is 7.28. The third kappa shape index (κ3) is 3.27. The number of aliphatic imine (C=N–C) groups is 1. The number of benzene rings is 2. The fraction of sp³-hybridized carbons (Fsp3) is 0.500. The third-order valence-electron chi connectivity index (χ3n) is 8.18. The Labute approximate surface area is 189 Å². The molecule has 1 spiro atoms. The summed E-state index contributed by atoms with van der Waals surface area (Å²) in [5.41, 5.74) is 9.82. The topological polar surface area (TPSA) is 21.6 Å². The lowest BCUT2D eigenvalue weighted by Gasteiger charge is -2.47. The molecule has 0 radical (unpaired) electrons. The highest BCUT2D eigenvalue weighted by molar-refractivity contribution is 6.92. The van der Waals surface area contributed by atoms with Crippen LogP contribution in [0, 0.1) is 19.3 Å². The van der Waals surface area contributed by atoms with Crippen molar-refractivity contribution in [2.75, 3.05) is 13.2 Å². The number of nitrogens with zero attached hydrogens (tertiary/aromatic N) is 1. The molecule has 0 fully saturated rings. The van der Waals surface area contributed by atoms with Gasteiger partial charge in [-0.25, -0.2) is 0 Å². The van der Waals surface area contributed by atoms with Gasteiger partial charge in [0.05, 0.1) is 6.54 Å². The summed E-state index contributed by atoms with van der Waals surface area (Å²) in [5, 5.41) is 0. The van der Waals surface area contributed by atoms with E-state index in [-0.39, 0.29) is 36.0 Å². The van der Waals surface area contributed by atoms with Crippen LogP contribution in [0.25, 0.3) is 0 Å². The van der Waals surface area contributed by atoms with Crippen molar-refractivity contribution >= 4 is 26.2 Å². The number of rotatable bonds is 0. The van der Waals surface area contributed by atoms with Crippen molar-refractivity contribution in [3.05, 3.63) is 69.8 Å². The van der Waals surface area contributed by atoms with Crippen molar-refractivity contribution in [2.45, 2.75) is 65.2 Å². The summed E-state index contributed by atoms with van der Waals surface area (Å²) in [6, 6.07) is 13.9. The van der Waals surface area contributed by atoms with Gasteiger partial charge in [0, 0.05) is 5.41 Å². The molecule has 0 amide bonds. The summed E-state index contributed by atoms with van der Waals surface area (Å²) >= 11 is 0. The Bertz CT molecular complexity index is 942. The number of aryl methyl sites for hydroxylation is 2. The van der Waals surface area contributed by atoms with Gasteiger partial charge >= 0.3 is 0 Å². The summed E-state index contributed by atoms with van der Waals surface area (Å²) in [4.78, 5) is 3.74. The lowest BCUT2D eigenvalue weighted by molar-refractivity contribution is 0.127. The van der Waals surface area contributed by atoms with E-state index in [1.165, 1.54) is 30.4 Å². The van der Waals surface area contributed by atoms with Gasteiger partial charge in [0.15, 0.2) is 6.40 Å². The molecule has 2 aromatic rings. The van der Waals surface area contributed by atoms with E-state index >= 15 is 0 Å². The first-order valence-corrected chi connectivity index (χ1v) is 10.5. The van der Waals surface area contributed by atoms with E-state index in [0.29, 0.717) is 0 Å². The van der Waals surface area contributed by atoms with Gasteiger partial charge in [-0.3, -0.25) is 4.99 Å². The Morgan fingerprint density at radius 1 is 0.900 bits per heavy atom. The van der Waals surface area contributed by atoms with Crippen LogP contribution in [0.5, 0.6) is 0 Å². The largest absolute Gasteiger partial charge is 0.482 e. The maximum Gasteiger partial charge on any atom is 0.169 e. The first-order valence-electron chi connectivity index (χ1n) is 10.5. The van der Waals surface area contributed by atoms with E-state index < -0.39 is 0 Å². The summed E-state index contributed by atoms with van der Waals surface area (Å²) in [5.74, 6) is 0. The highest BCUT2D eigenvalue weighted by atomic mass is 31.0. The molecule has 0 saturated carbocycles. The SMILES string of the molecule is C1=NCCO1.Cc1ccc2c(c1C)C(C)(C)C(C)(C)C21CCc2ccccc21.P.P. The normalized spacial score (nSPS) is 23.4. The highest BCUT2D eigenvalue weighted by Crippen LogP contribution is 2.68. The van der Waals surface area contributed by atoms with E-state index in [1.54, 1.807) is 22.3 Å². The van der Waals surface area contributed by atoms with Gasteiger partial charge in [0.1, 0.15) is 6.61 Å². The van der Waals surface area contributed by atoms with Crippen molar-refractivity contribution in [3.63, 3.8) is 0 Å². The number of hydrogen-bond acceptors (Lipinski definition) is 2. The van der Waals surface area contributed by atoms with Gasteiger partial charge in [0.25, 0.3) is 0 Å². The summed E-state index contributed by atoms with van der Waals surface area (Å²) in [6.45, 7) is 16.1. The minimum atomic E-state index is 0. The van der Waals surface area contributed by atoms with Crippen LogP contribution in [-0.2, 0) is 22.0 Å². The summed E-state index contributed by atoms with van der Waals surface area (Å²) in [7, 11) is 0. The molecule has 2 nitrogen and oxygen atoms in total. The number of ether oxygens (including phenoxy) is 1. The standard InChI is InChI=1S/C23H28.C3H5NO.2H3P/c1-15-11-12-19-20(16(15)2)21(3,4)22(5,6)23(19)14-13-17-9-7-8-10-18(17)23;1-2-5-3-4-1;;/h7-12H,13-14H2,1-6H3;3H,1-2H2;2*1H3. The van der Waals surface area contributed by atoms with E-state index in [2.05, 4.69) is 87.7 Å². The molecule has 0 aromatic heterocycles. The molecule has 2 aliphatic carbocycles. The third-order valence-corrected chi connectivity index (χ3v) is 8.18. The molecule has 5 rings (SSSR count). The molecule has 3 unspecified atom stereocenters. The van der Waals surface area contributed by atoms with Crippen molar-refractivity contribution < 1.29 is 4.74 Å². The van der Waals surface area contributed by atoms with Gasteiger partial charge in [-0.1, -0.05) is 64.1 Å². The molecule has 0 bridgehead atoms. The summed E-state index contributed by atoms with van der Waals surface area (Å²) in [6.07, 6.45) is 3.94. The Morgan fingerprint density at radius 2 is 1.60 bits per heavy atom. The zero-order valence-electron chi connectivity index (χ0n) is 19.6. The second-order valence-electron chi connectivity index (χ2n) is 9.62. The van der Waals surface area contributed by atoms with Crippen LogP contribution in [0.15, 0.2) is 41.4 Å². The molecular formula is C26H39NOP2. The van der Waals surface area contributed by atoms with Crippen LogP contribution in [0.2, 0.25) is 0 Å². The Balaban J connectivity index is 0.000000404. The van der Waals surface area contributed by atoms with Gasteiger partial charge in [-0.15, -0.1) is 0 Å². The van der Waals surface area contributed by atoms with Gasteiger partial charge in [-0.05, 0) is 70.9 Å². The van der Waals surface area contributed by atoms with Gasteiger partial charge < -0.3 is 4.74 Å². The fourth-order valence-corrected chi connectivity index (χ4v) is 5.96. The van der Waals surface area contributed by atoms with Crippen LogP contribution in [0.3, 0.4) is 0 Å². The average molecular weight is 444 g/mol.